The largest absolute Gasteiger partial charge is 0.463 e. The van der Waals surface area contributed by atoms with Crippen LogP contribution in [0.4, 0.5) is 0 Å². The van der Waals surface area contributed by atoms with E-state index in [0.717, 1.165) is 10.2 Å². The van der Waals surface area contributed by atoms with E-state index in [1.807, 2.05) is 13.0 Å². The molecule has 0 saturated carbocycles. The molecule has 0 spiro atoms. The van der Waals surface area contributed by atoms with Gasteiger partial charge < -0.3 is 20.2 Å². The lowest BCUT2D eigenvalue weighted by Gasteiger charge is -2.22. The van der Waals surface area contributed by atoms with Gasteiger partial charge in [-0.2, -0.15) is 0 Å². The number of nitrogens with one attached hydrogen (secondary N) is 2. The molecule has 1 heterocycles. The van der Waals surface area contributed by atoms with E-state index in [4.69, 9.17) is 4.42 Å². The lowest BCUT2D eigenvalue weighted by molar-refractivity contribution is 0.0378. The summed E-state index contributed by atoms with van der Waals surface area (Å²) < 4.78 is 6.26. The van der Waals surface area contributed by atoms with Crippen LogP contribution in [0.5, 0.6) is 0 Å². The van der Waals surface area contributed by atoms with Gasteiger partial charge in [-0.3, -0.25) is 4.99 Å². The van der Waals surface area contributed by atoms with Crippen LogP contribution >= 0.6 is 39.9 Å². The molecule has 0 fully saturated rings. The second-order valence-corrected chi connectivity index (χ2v) is 5.60. The molecule has 1 rings (SSSR count). The van der Waals surface area contributed by atoms with Crippen molar-refractivity contribution in [2.24, 2.45) is 4.99 Å². The summed E-state index contributed by atoms with van der Waals surface area (Å²) in [4.78, 5) is 4.05. The normalized spacial score (nSPS) is 14.2. The van der Waals surface area contributed by atoms with E-state index >= 15 is 0 Å². The molecule has 5 nitrogen and oxygen atoms in total. The third kappa shape index (κ3) is 6.27. The van der Waals surface area contributed by atoms with Gasteiger partial charge in [0.1, 0.15) is 17.1 Å². The minimum Gasteiger partial charge on any atom is -0.463 e. The topological polar surface area (TPSA) is 69.8 Å². The molecule has 3 N–H and O–H groups in total. The average molecular weight is 458 g/mol. The van der Waals surface area contributed by atoms with Crippen molar-refractivity contribution in [3.8, 4) is 0 Å². The molecule has 0 aliphatic rings. The molecule has 0 amide bonds. The van der Waals surface area contributed by atoms with Crippen molar-refractivity contribution in [1.82, 2.24) is 10.6 Å². The molecule has 1 unspecified atom stereocenters. The van der Waals surface area contributed by atoms with Gasteiger partial charge in [-0.25, -0.2) is 0 Å². The third-order valence-corrected chi connectivity index (χ3v) is 2.82. The van der Waals surface area contributed by atoms with Crippen molar-refractivity contribution in [2.75, 3.05) is 20.1 Å². The number of aliphatic hydroxyl groups is 1. The molecule has 0 aliphatic heterocycles. The van der Waals surface area contributed by atoms with E-state index in [1.165, 1.54) is 0 Å². The zero-order valence-electron chi connectivity index (χ0n) is 11.9. The maximum Gasteiger partial charge on any atom is 0.191 e. The quantitative estimate of drug-likeness (QED) is 0.361. The van der Waals surface area contributed by atoms with E-state index < -0.39 is 5.60 Å². The zero-order valence-corrected chi connectivity index (χ0v) is 15.8. The van der Waals surface area contributed by atoms with Gasteiger partial charge in [-0.05, 0) is 26.0 Å². The van der Waals surface area contributed by atoms with Crippen molar-refractivity contribution >= 4 is 45.9 Å². The second kappa shape index (κ2) is 8.68. The highest BCUT2D eigenvalue weighted by molar-refractivity contribution is 14.0. The van der Waals surface area contributed by atoms with Gasteiger partial charge in [-0.15, -0.1) is 24.0 Å². The van der Waals surface area contributed by atoms with Crippen LogP contribution in [0.2, 0.25) is 0 Å². The fourth-order valence-electron chi connectivity index (χ4n) is 1.47. The van der Waals surface area contributed by atoms with Crippen LogP contribution in [0.3, 0.4) is 0 Å². The summed E-state index contributed by atoms with van der Waals surface area (Å²) in [5.74, 6) is 1.88. The predicted octanol–water partition coefficient (Wildman–Crippen LogP) is 2.49. The molecule has 0 saturated heterocycles. The van der Waals surface area contributed by atoms with Crippen molar-refractivity contribution in [1.29, 1.82) is 0 Å². The summed E-state index contributed by atoms with van der Waals surface area (Å²) in [6.07, 6.45) is 0. The summed E-state index contributed by atoms with van der Waals surface area (Å²) in [6.45, 7) is 8.10. The van der Waals surface area contributed by atoms with Crippen LogP contribution in [0, 0.1) is 6.92 Å². The van der Waals surface area contributed by atoms with Crippen LogP contribution in [0.15, 0.2) is 32.6 Å². The lowest BCUT2D eigenvalue weighted by atomic mass is 10.0. The van der Waals surface area contributed by atoms with Crippen LogP contribution in [-0.2, 0) is 5.60 Å². The first kappa shape index (κ1) is 19.5. The minimum atomic E-state index is -1.10. The molecule has 1 atom stereocenters. The number of halogens is 2. The third-order valence-electron chi connectivity index (χ3n) is 2.54. The number of hydrogen-bond donors (Lipinski definition) is 3. The molecule has 114 valence electrons. The summed E-state index contributed by atoms with van der Waals surface area (Å²) in [6, 6.07) is 3.60. The first-order valence-electron chi connectivity index (χ1n) is 5.92. The summed E-state index contributed by atoms with van der Waals surface area (Å²) in [7, 11) is 1.66. The fourth-order valence-corrected chi connectivity index (χ4v) is 1.61. The maximum absolute atomic E-state index is 10.4. The first-order chi connectivity index (χ1) is 8.85. The number of guanidine groups is 1. The molecule has 0 aromatic carbocycles. The SMILES string of the molecule is C=C(Br)CNC(=NC)NCC(C)(O)c1ccc(C)o1.I. The molecular formula is C13H21BrIN3O2. The Kier molecular flexibility index (Phi) is 8.45. The number of aliphatic imine (C=N–C) groups is 1. The Labute approximate surface area is 145 Å². The maximum atomic E-state index is 10.4. The number of furan rings is 1. The van der Waals surface area contributed by atoms with E-state index in [2.05, 4.69) is 38.1 Å². The van der Waals surface area contributed by atoms with Crippen molar-refractivity contribution < 1.29 is 9.52 Å². The van der Waals surface area contributed by atoms with E-state index in [1.54, 1.807) is 20.0 Å². The molecular weight excluding hydrogens is 437 g/mol. The Balaban J connectivity index is 0.00000361. The highest BCUT2D eigenvalue weighted by Gasteiger charge is 2.26. The molecule has 20 heavy (non-hydrogen) atoms. The van der Waals surface area contributed by atoms with Crippen LogP contribution in [0.1, 0.15) is 18.4 Å². The molecule has 7 heteroatoms. The van der Waals surface area contributed by atoms with Crippen LogP contribution < -0.4 is 10.6 Å². The molecule has 1 aromatic rings. The van der Waals surface area contributed by atoms with Crippen LogP contribution in [-0.4, -0.2) is 31.2 Å². The van der Waals surface area contributed by atoms with Gasteiger partial charge >= 0.3 is 0 Å². The van der Waals surface area contributed by atoms with Crippen molar-refractivity contribution in [2.45, 2.75) is 19.4 Å². The van der Waals surface area contributed by atoms with Crippen molar-refractivity contribution in [3.63, 3.8) is 0 Å². The minimum absolute atomic E-state index is 0. The van der Waals surface area contributed by atoms with Gasteiger partial charge in [0.25, 0.3) is 0 Å². The van der Waals surface area contributed by atoms with Gasteiger partial charge in [-0.1, -0.05) is 22.5 Å². The summed E-state index contributed by atoms with van der Waals surface area (Å²) in [5.41, 5.74) is -1.10. The Hall–Kier alpha value is -0.540. The molecule has 0 aliphatic carbocycles. The highest BCUT2D eigenvalue weighted by Crippen LogP contribution is 2.21. The first-order valence-corrected chi connectivity index (χ1v) is 6.71. The van der Waals surface area contributed by atoms with Gasteiger partial charge in [0.05, 0.1) is 6.54 Å². The Bertz CT molecular complexity index is 472. The highest BCUT2D eigenvalue weighted by atomic mass is 127. The van der Waals surface area contributed by atoms with Gasteiger partial charge in [0.2, 0.25) is 0 Å². The zero-order chi connectivity index (χ0) is 14.5. The Morgan fingerprint density at radius 1 is 1.50 bits per heavy atom. The fraction of sp³-hybridized carbons (Fsp3) is 0.462. The van der Waals surface area contributed by atoms with Crippen molar-refractivity contribution in [3.05, 3.63) is 34.7 Å². The average Bonchev–Trinajstić information content (AvgIpc) is 2.76. The molecule has 1 aromatic heterocycles. The van der Waals surface area contributed by atoms with E-state index in [9.17, 15) is 5.11 Å². The predicted molar refractivity (Wildman–Crippen MR) is 95.9 cm³/mol. The van der Waals surface area contributed by atoms with E-state index in [-0.39, 0.29) is 30.5 Å². The molecule has 0 bridgehead atoms. The lowest BCUT2D eigenvalue weighted by Crippen LogP contribution is -2.44. The molecule has 0 radical (unpaired) electrons. The van der Waals surface area contributed by atoms with Gasteiger partial charge in [0, 0.05) is 18.1 Å². The van der Waals surface area contributed by atoms with Gasteiger partial charge in [0.15, 0.2) is 5.96 Å². The number of hydrogen-bond acceptors (Lipinski definition) is 3. The number of aryl methyl sites for hydroxylation is 1. The van der Waals surface area contributed by atoms with E-state index in [0.29, 0.717) is 18.3 Å². The summed E-state index contributed by atoms with van der Waals surface area (Å²) >= 11 is 3.26. The standard InChI is InChI=1S/C13H20BrN3O2.HI/c1-9(14)7-16-12(15-4)17-8-13(3,18)11-6-5-10(2)19-11;/h5-6,18H,1,7-8H2,2-4H3,(H2,15,16,17);1H. The Morgan fingerprint density at radius 2 is 2.15 bits per heavy atom. The van der Waals surface area contributed by atoms with Crippen LogP contribution in [0.25, 0.3) is 0 Å². The monoisotopic (exact) mass is 457 g/mol. The Morgan fingerprint density at radius 3 is 2.60 bits per heavy atom. The number of rotatable bonds is 5. The summed E-state index contributed by atoms with van der Waals surface area (Å²) in [5, 5.41) is 16.4. The number of nitrogens with zero attached hydrogens (tertiary/aromatic N) is 1. The second-order valence-electron chi connectivity index (χ2n) is 4.48. The smallest absolute Gasteiger partial charge is 0.191 e.